The maximum atomic E-state index is 10.7. The molecule has 1 aliphatic heterocycles. The van der Waals surface area contributed by atoms with E-state index in [1.807, 2.05) is 0 Å². The Hall–Kier alpha value is -1.27. The van der Waals surface area contributed by atoms with Crippen molar-refractivity contribution in [2.75, 3.05) is 6.61 Å². The second-order valence-corrected chi connectivity index (χ2v) is 2.27. The molecule has 12 heavy (non-hydrogen) atoms. The van der Waals surface area contributed by atoms with Crippen molar-refractivity contribution in [2.24, 2.45) is 0 Å². The molecule has 0 aromatic heterocycles. The summed E-state index contributed by atoms with van der Waals surface area (Å²) in [6.45, 7) is -0.739. The fourth-order valence-corrected chi connectivity index (χ4v) is 0.801. The molecule has 0 radical (unpaired) electrons. The Labute approximate surface area is 66.7 Å². The lowest BCUT2D eigenvalue weighted by molar-refractivity contribution is -0.152. The van der Waals surface area contributed by atoms with Crippen molar-refractivity contribution in [3.8, 4) is 0 Å². The number of aliphatic hydroxyl groups is 2. The molecule has 1 heterocycles. The maximum Gasteiger partial charge on any atom is 0.383 e. The maximum absolute atomic E-state index is 10.7. The standard InChI is InChI=1S/C6H6O6/c7-1-2(8)5-3(9)4(10)6(11)12-5/h2,5,7-8H,1H2. The van der Waals surface area contributed by atoms with Crippen molar-refractivity contribution in [1.82, 2.24) is 0 Å². The van der Waals surface area contributed by atoms with Crippen LogP contribution in [0.2, 0.25) is 0 Å². The van der Waals surface area contributed by atoms with Gasteiger partial charge in [0.05, 0.1) is 6.61 Å². The molecule has 0 spiro atoms. The van der Waals surface area contributed by atoms with Gasteiger partial charge in [-0.3, -0.25) is 9.59 Å². The molecule has 0 aromatic carbocycles. The van der Waals surface area contributed by atoms with Gasteiger partial charge in [-0.15, -0.1) is 0 Å². The summed E-state index contributed by atoms with van der Waals surface area (Å²) in [5.74, 6) is -3.67. The third kappa shape index (κ3) is 1.21. The van der Waals surface area contributed by atoms with E-state index in [1.165, 1.54) is 0 Å². The summed E-state index contributed by atoms with van der Waals surface area (Å²) in [7, 11) is 0. The van der Waals surface area contributed by atoms with Gasteiger partial charge in [-0.25, -0.2) is 4.79 Å². The number of Topliss-reactive ketones (excluding diaryl/α,β-unsaturated/α-hetero) is 2. The Morgan fingerprint density at radius 1 is 1.42 bits per heavy atom. The molecule has 0 amide bonds. The number of ketones is 2. The van der Waals surface area contributed by atoms with Crippen LogP contribution < -0.4 is 0 Å². The molecule has 2 unspecified atom stereocenters. The highest BCUT2D eigenvalue weighted by atomic mass is 16.6. The van der Waals surface area contributed by atoms with Gasteiger partial charge < -0.3 is 14.9 Å². The molecular weight excluding hydrogens is 168 g/mol. The van der Waals surface area contributed by atoms with Crippen LogP contribution >= 0.6 is 0 Å². The van der Waals surface area contributed by atoms with Crippen molar-refractivity contribution in [2.45, 2.75) is 12.2 Å². The van der Waals surface area contributed by atoms with Crippen LogP contribution in [0.3, 0.4) is 0 Å². The number of cyclic esters (lactones) is 1. The minimum atomic E-state index is -1.53. The van der Waals surface area contributed by atoms with E-state index in [4.69, 9.17) is 10.2 Å². The summed E-state index contributed by atoms with van der Waals surface area (Å²) in [6.07, 6.45) is -3.05. The topological polar surface area (TPSA) is 101 Å². The first-order chi connectivity index (χ1) is 5.57. The number of hydrogen-bond acceptors (Lipinski definition) is 6. The summed E-state index contributed by atoms with van der Waals surface area (Å²) >= 11 is 0. The number of carbonyl (C=O) groups is 3. The minimum absolute atomic E-state index is 0.739. The molecule has 1 fully saturated rings. The second kappa shape index (κ2) is 3.00. The van der Waals surface area contributed by atoms with Crippen molar-refractivity contribution < 1.29 is 29.3 Å². The molecule has 1 aliphatic rings. The van der Waals surface area contributed by atoms with E-state index in [1.54, 1.807) is 0 Å². The van der Waals surface area contributed by atoms with Crippen LogP contribution in [0.25, 0.3) is 0 Å². The number of aliphatic hydroxyl groups excluding tert-OH is 2. The zero-order valence-electron chi connectivity index (χ0n) is 5.89. The summed E-state index contributed by atoms with van der Waals surface area (Å²) in [4.78, 5) is 31.7. The molecule has 1 saturated heterocycles. The molecule has 2 atom stereocenters. The molecule has 0 aliphatic carbocycles. The van der Waals surface area contributed by atoms with E-state index in [9.17, 15) is 14.4 Å². The lowest BCUT2D eigenvalue weighted by Gasteiger charge is -2.10. The quantitative estimate of drug-likeness (QED) is 0.351. The van der Waals surface area contributed by atoms with E-state index in [-0.39, 0.29) is 0 Å². The highest BCUT2D eigenvalue weighted by Gasteiger charge is 2.45. The lowest BCUT2D eigenvalue weighted by atomic mass is 10.1. The molecule has 0 saturated carbocycles. The van der Waals surface area contributed by atoms with Crippen molar-refractivity contribution in [1.29, 1.82) is 0 Å². The zero-order valence-corrected chi connectivity index (χ0v) is 5.89. The van der Waals surface area contributed by atoms with Crippen molar-refractivity contribution in [3.05, 3.63) is 0 Å². The molecule has 1 rings (SSSR count). The predicted octanol–water partition coefficient (Wildman–Crippen LogP) is -2.60. The number of ether oxygens (including phenoxy) is 1. The highest BCUT2D eigenvalue weighted by molar-refractivity contribution is 6.65. The third-order valence-corrected chi connectivity index (χ3v) is 1.44. The van der Waals surface area contributed by atoms with Crippen LogP contribution in [0.5, 0.6) is 0 Å². The SMILES string of the molecule is O=C1OC(C(O)CO)C(=O)C1=O. The Bertz CT molecular complexity index is 244. The predicted molar refractivity (Wildman–Crippen MR) is 33.0 cm³/mol. The molecule has 2 N–H and O–H groups in total. The Balaban J connectivity index is 2.78. The lowest BCUT2D eigenvalue weighted by Crippen LogP contribution is -2.35. The number of carbonyl (C=O) groups excluding carboxylic acids is 3. The molecular formula is C6H6O6. The molecule has 0 bridgehead atoms. The van der Waals surface area contributed by atoms with E-state index in [0.717, 1.165) is 0 Å². The summed E-state index contributed by atoms with van der Waals surface area (Å²) in [6, 6.07) is 0. The molecule has 0 aromatic rings. The van der Waals surface area contributed by atoms with Gasteiger partial charge in [-0.2, -0.15) is 0 Å². The van der Waals surface area contributed by atoms with Crippen LogP contribution in [0.4, 0.5) is 0 Å². The smallest absolute Gasteiger partial charge is 0.383 e. The summed E-state index contributed by atoms with van der Waals surface area (Å²) in [5, 5.41) is 17.2. The minimum Gasteiger partial charge on any atom is -0.445 e. The number of rotatable bonds is 2. The number of esters is 1. The van der Waals surface area contributed by atoms with Gasteiger partial charge in [0.2, 0.25) is 0 Å². The third-order valence-electron chi connectivity index (χ3n) is 1.44. The average molecular weight is 174 g/mol. The second-order valence-electron chi connectivity index (χ2n) is 2.27. The first-order valence-corrected chi connectivity index (χ1v) is 3.16. The van der Waals surface area contributed by atoms with Gasteiger partial charge in [0.25, 0.3) is 5.78 Å². The van der Waals surface area contributed by atoms with Gasteiger partial charge in [0, 0.05) is 0 Å². The van der Waals surface area contributed by atoms with Crippen LogP contribution in [0, 0.1) is 0 Å². The van der Waals surface area contributed by atoms with Gasteiger partial charge >= 0.3 is 11.8 Å². The van der Waals surface area contributed by atoms with Crippen molar-refractivity contribution in [3.63, 3.8) is 0 Å². The van der Waals surface area contributed by atoms with Crippen molar-refractivity contribution >= 4 is 17.5 Å². The van der Waals surface area contributed by atoms with Crippen LogP contribution in [-0.2, 0) is 19.1 Å². The van der Waals surface area contributed by atoms with E-state index >= 15 is 0 Å². The Morgan fingerprint density at radius 2 is 2.00 bits per heavy atom. The summed E-state index contributed by atoms with van der Waals surface area (Å²) < 4.78 is 4.19. The van der Waals surface area contributed by atoms with Gasteiger partial charge in [-0.1, -0.05) is 0 Å². The van der Waals surface area contributed by atoms with Crippen LogP contribution in [0.1, 0.15) is 0 Å². The monoisotopic (exact) mass is 174 g/mol. The fraction of sp³-hybridized carbons (Fsp3) is 0.500. The average Bonchev–Trinajstić information content (AvgIpc) is 2.32. The van der Waals surface area contributed by atoms with Gasteiger partial charge in [-0.05, 0) is 0 Å². The van der Waals surface area contributed by atoms with Crippen LogP contribution in [0.15, 0.2) is 0 Å². The number of hydrogen-bond donors (Lipinski definition) is 2. The molecule has 6 heteroatoms. The van der Waals surface area contributed by atoms with E-state index < -0.39 is 36.4 Å². The largest absolute Gasteiger partial charge is 0.445 e. The van der Waals surface area contributed by atoms with E-state index in [2.05, 4.69) is 4.74 Å². The first kappa shape index (κ1) is 8.82. The van der Waals surface area contributed by atoms with E-state index in [0.29, 0.717) is 0 Å². The fourth-order valence-electron chi connectivity index (χ4n) is 0.801. The summed E-state index contributed by atoms with van der Waals surface area (Å²) in [5.41, 5.74) is 0. The molecule has 6 nitrogen and oxygen atoms in total. The Kier molecular flexibility index (Phi) is 2.20. The zero-order chi connectivity index (χ0) is 9.30. The molecule has 66 valence electrons. The Morgan fingerprint density at radius 3 is 2.33 bits per heavy atom. The van der Waals surface area contributed by atoms with Crippen LogP contribution in [-0.4, -0.2) is 46.6 Å². The highest BCUT2D eigenvalue weighted by Crippen LogP contribution is 2.10. The van der Waals surface area contributed by atoms with Gasteiger partial charge in [0.15, 0.2) is 6.10 Å². The first-order valence-electron chi connectivity index (χ1n) is 3.16. The van der Waals surface area contributed by atoms with Gasteiger partial charge in [0.1, 0.15) is 6.10 Å². The normalized spacial score (nSPS) is 25.8.